The largest absolute Gasteiger partial charge is 0.370 e. The number of rotatable bonds is 3. The summed E-state index contributed by atoms with van der Waals surface area (Å²) >= 11 is 14.1. The standard InChI is InChI=1S/C21H20Cl2N6S.ClH/c1-25-20(24)26-8-11-9-29(21-28-16-5-3-13(23)7-18(16)30-21)10-17-19(11)14-6-12(22)2-4-15(14)27-17;/h2-7,11,27H,8-10H2,1H3,(H3,24,25,26);1H. The van der Waals surface area contributed by atoms with Gasteiger partial charge in [-0.1, -0.05) is 34.5 Å². The molecule has 0 bridgehead atoms. The lowest BCUT2D eigenvalue weighted by molar-refractivity contribution is 0.585. The molecular formula is C21H21Cl3N6S. The molecular weight excluding hydrogens is 475 g/mol. The van der Waals surface area contributed by atoms with E-state index in [0.29, 0.717) is 12.5 Å². The van der Waals surface area contributed by atoms with Gasteiger partial charge in [0.05, 0.1) is 16.8 Å². The summed E-state index contributed by atoms with van der Waals surface area (Å²) in [7, 11) is 1.68. The molecule has 31 heavy (non-hydrogen) atoms. The molecule has 0 saturated carbocycles. The summed E-state index contributed by atoms with van der Waals surface area (Å²) in [6, 6.07) is 11.8. The predicted molar refractivity (Wildman–Crippen MR) is 135 cm³/mol. The van der Waals surface area contributed by atoms with E-state index in [2.05, 4.69) is 20.2 Å². The second-order valence-corrected chi connectivity index (χ2v) is 9.26. The first kappa shape index (κ1) is 22.0. The number of benzene rings is 2. The number of thiazole rings is 1. The highest BCUT2D eigenvalue weighted by molar-refractivity contribution is 7.22. The van der Waals surface area contributed by atoms with Crippen molar-refractivity contribution in [2.24, 2.45) is 10.7 Å². The Hall–Kier alpha value is -2.19. The number of fused-ring (bicyclic) bond motifs is 4. The average molecular weight is 496 g/mol. The van der Waals surface area contributed by atoms with Gasteiger partial charge in [-0.3, -0.25) is 4.99 Å². The third-order valence-corrected chi connectivity index (χ3v) is 7.01. The number of anilines is 1. The van der Waals surface area contributed by atoms with E-state index in [-0.39, 0.29) is 18.3 Å². The van der Waals surface area contributed by atoms with E-state index in [1.165, 1.54) is 11.3 Å². The molecule has 2 aromatic carbocycles. The summed E-state index contributed by atoms with van der Waals surface area (Å²) < 4.78 is 1.09. The number of nitrogens with two attached hydrogens (primary N) is 1. The van der Waals surface area contributed by atoms with E-state index >= 15 is 0 Å². The Morgan fingerprint density at radius 3 is 2.87 bits per heavy atom. The summed E-state index contributed by atoms with van der Waals surface area (Å²) in [5, 5.41) is 6.84. The van der Waals surface area contributed by atoms with Crippen LogP contribution in [-0.4, -0.2) is 36.1 Å². The van der Waals surface area contributed by atoms with Crippen molar-refractivity contribution < 1.29 is 0 Å². The van der Waals surface area contributed by atoms with Crippen molar-refractivity contribution in [1.29, 1.82) is 0 Å². The molecule has 4 N–H and O–H groups in total. The van der Waals surface area contributed by atoms with Crippen LogP contribution < -0.4 is 16.0 Å². The van der Waals surface area contributed by atoms with Gasteiger partial charge in [-0.05, 0) is 42.0 Å². The molecule has 6 nitrogen and oxygen atoms in total. The number of halogens is 3. The van der Waals surface area contributed by atoms with E-state index in [1.54, 1.807) is 18.4 Å². The number of aromatic nitrogens is 2. The number of hydrogen-bond acceptors (Lipinski definition) is 4. The van der Waals surface area contributed by atoms with Gasteiger partial charge in [-0.25, -0.2) is 4.98 Å². The Labute approximate surface area is 199 Å². The predicted octanol–water partition coefficient (Wildman–Crippen LogP) is 5.14. The monoisotopic (exact) mass is 494 g/mol. The van der Waals surface area contributed by atoms with Gasteiger partial charge in [0.15, 0.2) is 11.1 Å². The van der Waals surface area contributed by atoms with Crippen molar-refractivity contribution in [3.05, 3.63) is 57.7 Å². The van der Waals surface area contributed by atoms with Gasteiger partial charge in [-0.2, -0.15) is 0 Å². The van der Waals surface area contributed by atoms with Crippen LogP contribution in [0.25, 0.3) is 21.1 Å². The maximum absolute atomic E-state index is 6.30. The van der Waals surface area contributed by atoms with Gasteiger partial charge >= 0.3 is 0 Å². The van der Waals surface area contributed by atoms with Crippen LogP contribution in [0.1, 0.15) is 17.2 Å². The summed E-state index contributed by atoms with van der Waals surface area (Å²) in [5.74, 6) is 0.623. The number of nitrogens with one attached hydrogen (secondary N) is 2. The molecule has 1 unspecified atom stereocenters. The number of guanidine groups is 1. The van der Waals surface area contributed by atoms with Crippen molar-refractivity contribution in [3.63, 3.8) is 0 Å². The van der Waals surface area contributed by atoms with E-state index in [0.717, 1.165) is 49.4 Å². The molecule has 4 aromatic rings. The topological polar surface area (TPSA) is 82.3 Å². The van der Waals surface area contributed by atoms with Gasteiger partial charge in [0, 0.05) is 52.7 Å². The second-order valence-electron chi connectivity index (χ2n) is 7.38. The third-order valence-electron chi connectivity index (χ3n) is 5.46. The van der Waals surface area contributed by atoms with Crippen molar-refractivity contribution >= 4 is 79.2 Å². The first-order valence-electron chi connectivity index (χ1n) is 9.59. The number of aromatic amines is 1. The van der Waals surface area contributed by atoms with E-state index in [9.17, 15) is 0 Å². The number of aliphatic imine (C=N–C) groups is 1. The molecule has 5 rings (SSSR count). The molecule has 0 fully saturated rings. The normalized spacial score (nSPS) is 16.4. The molecule has 3 heterocycles. The van der Waals surface area contributed by atoms with Crippen LogP contribution in [0.2, 0.25) is 10.0 Å². The Kier molecular flexibility index (Phi) is 6.21. The fraction of sp³-hybridized carbons (Fsp3) is 0.238. The Bertz CT molecular complexity index is 1280. The summed E-state index contributed by atoms with van der Waals surface area (Å²) in [4.78, 5) is 14.8. The second kappa shape index (κ2) is 8.74. The highest BCUT2D eigenvalue weighted by atomic mass is 35.5. The first-order valence-corrected chi connectivity index (χ1v) is 11.2. The van der Waals surface area contributed by atoms with Crippen molar-refractivity contribution in [2.45, 2.75) is 12.5 Å². The summed E-state index contributed by atoms with van der Waals surface area (Å²) in [6.07, 6.45) is 0. The molecule has 0 radical (unpaired) electrons. The van der Waals surface area contributed by atoms with Gasteiger partial charge in [0.1, 0.15) is 0 Å². The molecule has 162 valence electrons. The molecule has 0 saturated heterocycles. The Morgan fingerprint density at radius 2 is 2.06 bits per heavy atom. The third kappa shape index (κ3) is 4.15. The highest BCUT2D eigenvalue weighted by Gasteiger charge is 2.30. The molecule has 10 heteroatoms. The number of nitrogens with zero attached hydrogens (tertiary/aromatic N) is 3. The van der Waals surface area contributed by atoms with Crippen LogP contribution in [0, 0.1) is 0 Å². The average Bonchev–Trinajstić information content (AvgIpc) is 3.32. The lowest BCUT2D eigenvalue weighted by atomic mass is 9.92. The van der Waals surface area contributed by atoms with E-state index < -0.39 is 0 Å². The van der Waals surface area contributed by atoms with Gasteiger partial charge in [-0.15, -0.1) is 12.4 Å². The van der Waals surface area contributed by atoms with Crippen LogP contribution in [-0.2, 0) is 6.54 Å². The zero-order valence-corrected chi connectivity index (χ0v) is 19.8. The Morgan fingerprint density at radius 1 is 1.29 bits per heavy atom. The van der Waals surface area contributed by atoms with E-state index in [4.69, 9.17) is 33.9 Å². The maximum Gasteiger partial charge on any atom is 0.188 e. The zero-order valence-electron chi connectivity index (χ0n) is 16.7. The molecule has 0 spiro atoms. The summed E-state index contributed by atoms with van der Waals surface area (Å²) in [5.41, 5.74) is 10.4. The fourth-order valence-electron chi connectivity index (χ4n) is 4.09. The van der Waals surface area contributed by atoms with Crippen LogP contribution in [0.5, 0.6) is 0 Å². The minimum atomic E-state index is 0. The van der Waals surface area contributed by atoms with Crippen molar-refractivity contribution in [3.8, 4) is 0 Å². The molecule has 0 amide bonds. The number of hydrogen-bond donors (Lipinski definition) is 3. The maximum atomic E-state index is 6.30. The Balaban J connectivity index is 0.00000231. The minimum Gasteiger partial charge on any atom is -0.370 e. The molecule has 2 aromatic heterocycles. The fourth-order valence-corrected chi connectivity index (χ4v) is 5.51. The lowest BCUT2D eigenvalue weighted by Crippen LogP contribution is -2.41. The van der Waals surface area contributed by atoms with Crippen molar-refractivity contribution in [1.82, 2.24) is 15.3 Å². The van der Waals surface area contributed by atoms with E-state index in [1.807, 2.05) is 36.4 Å². The minimum absolute atomic E-state index is 0. The quantitative estimate of drug-likeness (QED) is 0.271. The molecule has 1 atom stereocenters. The van der Waals surface area contributed by atoms with Crippen LogP contribution in [0.3, 0.4) is 0 Å². The van der Waals surface area contributed by atoms with Crippen LogP contribution >= 0.6 is 46.9 Å². The summed E-state index contributed by atoms with van der Waals surface area (Å²) in [6.45, 7) is 2.23. The zero-order chi connectivity index (χ0) is 20.8. The number of H-pyrrole nitrogens is 1. The smallest absolute Gasteiger partial charge is 0.188 e. The van der Waals surface area contributed by atoms with Crippen LogP contribution in [0.15, 0.2) is 41.4 Å². The lowest BCUT2D eigenvalue weighted by Gasteiger charge is -2.33. The molecule has 0 aliphatic carbocycles. The molecule has 1 aliphatic rings. The van der Waals surface area contributed by atoms with Crippen molar-refractivity contribution in [2.75, 3.05) is 25.0 Å². The van der Waals surface area contributed by atoms with Gasteiger partial charge in [0.25, 0.3) is 0 Å². The van der Waals surface area contributed by atoms with Gasteiger partial charge < -0.3 is 20.9 Å². The molecule has 1 aliphatic heterocycles. The van der Waals surface area contributed by atoms with Crippen LogP contribution in [0.4, 0.5) is 5.13 Å². The first-order chi connectivity index (χ1) is 14.5. The van der Waals surface area contributed by atoms with Gasteiger partial charge in [0.2, 0.25) is 0 Å². The highest BCUT2D eigenvalue weighted by Crippen LogP contribution is 2.39. The SMILES string of the molecule is CN=C(N)NCC1CN(c2nc3ccc(Cl)cc3s2)Cc2[nH]c3ccc(Cl)cc3c21.Cl.